The van der Waals surface area contributed by atoms with Crippen LogP contribution in [0.25, 0.3) is 0 Å². The van der Waals surface area contributed by atoms with Crippen molar-refractivity contribution in [1.82, 2.24) is 4.98 Å². The molecule has 0 unspecified atom stereocenters. The van der Waals surface area contributed by atoms with Crippen molar-refractivity contribution in [3.63, 3.8) is 0 Å². The molecule has 0 atom stereocenters. The Kier molecular flexibility index (Phi) is 4.61. The number of hydrogen-bond acceptors (Lipinski definition) is 3. The number of hydrogen-bond donors (Lipinski definition) is 0. The predicted octanol–water partition coefficient (Wildman–Crippen LogP) is 3.31. The fourth-order valence-electron chi connectivity index (χ4n) is 1.18. The zero-order chi connectivity index (χ0) is 12.3. The van der Waals surface area contributed by atoms with E-state index in [0.29, 0.717) is 0 Å². The van der Waals surface area contributed by atoms with Crippen LogP contribution in [0.5, 0.6) is 0 Å². The molecule has 3 nitrogen and oxygen atoms in total. The lowest BCUT2D eigenvalue weighted by molar-refractivity contribution is 0.0581. The molecule has 0 saturated carbocycles. The minimum absolute atomic E-state index is 0.134. The molecule has 0 bridgehead atoms. The molecular formula is C9H7BrClF2NO2. The van der Waals surface area contributed by atoms with E-state index in [1.54, 1.807) is 0 Å². The monoisotopic (exact) mass is 313 g/mol. The summed E-state index contributed by atoms with van der Waals surface area (Å²) < 4.78 is 30.2. The second kappa shape index (κ2) is 5.54. The van der Waals surface area contributed by atoms with Gasteiger partial charge in [-0.1, -0.05) is 0 Å². The van der Waals surface area contributed by atoms with E-state index in [1.807, 2.05) is 0 Å². The molecule has 0 fully saturated rings. The standard InChI is InChI=1S/C9H7BrClF2NO2/c1-16-9(15)7-6(8(12)13)4(3-11)2-5(10)14-7/h2,8H,3H2,1H3. The number of rotatable bonds is 3. The Bertz CT molecular complexity index is 415. The molecule has 0 amide bonds. The third kappa shape index (κ3) is 2.68. The van der Waals surface area contributed by atoms with E-state index in [-0.39, 0.29) is 16.0 Å². The summed E-state index contributed by atoms with van der Waals surface area (Å²) in [5.41, 5.74) is -0.744. The minimum atomic E-state index is -2.83. The highest BCUT2D eigenvalue weighted by atomic mass is 79.9. The van der Waals surface area contributed by atoms with Gasteiger partial charge in [-0.2, -0.15) is 0 Å². The highest BCUT2D eigenvalue weighted by molar-refractivity contribution is 9.10. The van der Waals surface area contributed by atoms with Crippen LogP contribution < -0.4 is 0 Å². The maximum Gasteiger partial charge on any atom is 0.357 e. The maximum absolute atomic E-state index is 12.8. The van der Waals surface area contributed by atoms with E-state index in [4.69, 9.17) is 11.6 Å². The van der Waals surface area contributed by atoms with Crippen LogP contribution in [-0.4, -0.2) is 18.1 Å². The number of halogens is 4. The molecule has 16 heavy (non-hydrogen) atoms. The van der Waals surface area contributed by atoms with Gasteiger partial charge in [-0.3, -0.25) is 0 Å². The summed E-state index contributed by atoms with van der Waals surface area (Å²) >= 11 is 8.55. The van der Waals surface area contributed by atoms with Gasteiger partial charge in [0, 0.05) is 5.88 Å². The number of alkyl halides is 3. The van der Waals surface area contributed by atoms with Gasteiger partial charge in [0.15, 0.2) is 5.69 Å². The Morgan fingerprint density at radius 1 is 1.69 bits per heavy atom. The van der Waals surface area contributed by atoms with Crippen molar-refractivity contribution in [2.45, 2.75) is 12.3 Å². The van der Waals surface area contributed by atoms with Crippen molar-refractivity contribution in [1.29, 1.82) is 0 Å². The van der Waals surface area contributed by atoms with Crippen LogP contribution in [0.3, 0.4) is 0 Å². The van der Waals surface area contributed by atoms with Crippen LogP contribution in [0.2, 0.25) is 0 Å². The molecule has 0 radical (unpaired) electrons. The molecule has 0 spiro atoms. The van der Waals surface area contributed by atoms with Crippen LogP contribution in [0.4, 0.5) is 8.78 Å². The van der Waals surface area contributed by atoms with Crippen LogP contribution in [-0.2, 0) is 10.6 Å². The van der Waals surface area contributed by atoms with E-state index < -0.39 is 23.7 Å². The summed E-state index contributed by atoms with van der Waals surface area (Å²) in [5, 5.41) is 0. The topological polar surface area (TPSA) is 39.2 Å². The van der Waals surface area contributed by atoms with E-state index >= 15 is 0 Å². The molecule has 7 heteroatoms. The van der Waals surface area contributed by atoms with Gasteiger partial charge in [0.2, 0.25) is 0 Å². The molecular weight excluding hydrogens is 307 g/mol. The Labute approximate surface area is 104 Å². The van der Waals surface area contributed by atoms with Gasteiger partial charge in [0.1, 0.15) is 4.60 Å². The summed E-state index contributed by atoms with van der Waals surface area (Å²) in [6, 6.07) is 1.35. The van der Waals surface area contributed by atoms with E-state index in [2.05, 4.69) is 25.7 Å². The van der Waals surface area contributed by atoms with Crippen molar-refractivity contribution in [3.8, 4) is 0 Å². The Morgan fingerprint density at radius 3 is 2.75 bits per heavy atom. The quantitative estimate of drug-likeness (QED) is 0.488. The number of aromatic nitrogens is 1. The number of methoxy groups -OCH3 is 1. The summed E-state index contributed by atoms with van der Waals surface area (Å²) in [6.07, 6.45) is -2.83. The number of carbonyl (C=O) groups is 1. The Balaban J connectivity index is 3.44. The highest BCUT2D eigenvalue weighted by Crippen LogP contribution is 2.29. The highest BCUT2D eigenvalue weighted by Gasteiger charge is 2.24. The molecule has 1 aromatic rings. The van der Waals surface area contributed by atoms with E-state index in [0.717, 1.165) is 7.11 Å². The zero-order valence-corrected chi connectivity index (χ0v) is 10.5. The van der Waals surface area contributed by atoms with Crippen LogP contribution >= 0.6 is 27.5 Å². The fraction of sp³-hybridized carbons (Fsp3) is 0.333. The van der Waals surface area contributed by atoms with Crippen molar-refractivity contribution in [3.05, 3.63) is 27.5 Å². The molecule has 1 heterocycles. The lowest BCUT2D eigenvalue weighted by Gasteiger charge is -2.11. The maximum atomic E-state index is 12.8. The van der Waals surface area contributed by atoms with Crippen molar-refractivity contribution in [2.75, 3.05) is 7.11 Å². The summed E-state index contributed by atoms with van der Waals surface area (Å²) in [6.45, 7) is 0. The Morgan fingerprint density at radius 2 is 2.31 bits per heavy atom. The van der Waals surface area contributed by atoms with Gasteiger partial charge in [0.05, 0.1) is 12.7 Å². The van der Waals surface area contributed by atoms with E-state index in [9.17, 15) is 13.6 Å². The first-order valence-electron chi connectivity index (χ1n) is 4.13. The summed E-state index contributed by atoms with van der Waals surface area (Å²) in [7, 11) is 1.10. The molecule has 88 valence electrons. The molecule has 1 rings (SSSR count). The number of nitrogens with zero attached hydrogens (tertiary/aromatic N) is 1. The van der Waals surface area contributed by atoms with Crippen LogP contribution in [0.1, 0.15) is 28.0 Å². The lowest BCUT2D eigenvalue weighted by Crippen LogP contribution is -2.11. The minimum Gasteiger partial charge on any atom is -0.464 e. The lowest BCUT2D eigenvalue weighted by atomic mass is 10.1. The van der Waals surface area contributed by atoms with E-state index in [1.165, 1.54) is 6.07 Å². The smallest absolute Gasteiger partial charge is 0.357 e. The SMILES string of the molecule is COC(=O)c1nc(Br)cc(CCl)c1C(F)F. The number of pyridine rings is 1. The van der Waals surface area contributed by atoms with Crippen molar-refractivity contribution >= 4 is 33.5 Å². The first-order chi connectivity index (χ1) is 7.51. The van der Waals surface area contributed by atoms with Crippen molar-refractivity contribution < 1.29 is 18.3 Å². The molecule has 0 aromatic carbocycles. The number of ether oxygens (including phenoxy) is 1. The van der Waals surface area contributed by atoms with Gasteiger partial charge in [0.25, 0.3) is 6.43 Å². The zero-order valence-electron chi connectivity index (χ0n) is 8.14. The van der Waals surface area contributed by atoms with Crippen LogP contribution in [0, 0.1) is 0 Å². The van der Waals surface area contributed by atoms with Gasteiger partial charge < -0.3 is 4.74 Å². The predicted molar refractivity (Wildman–Crippen MR) is 57.8 cm³/mol. The third-order valence-corrected chi connectivity index (χ3v) is 2.55. The molecule has 1 aromatic heterocycles. The second-order valence-corrected chi connectivity index (χ2v) is 3.87. The molecule has 0 aliphatic carbocycles. The number of carbonyl (C=O) groups excluding carboxylic acids is 1. The van der Waals surface area contributed by atoms with Crippen LogP contribution in [0.15, 0.2) is 10.7 Å². The van der Waals surface area contributed by atoms with Gasteiger partial charge in [-0.05, 0) is 27.6 Å². The first-order valence-corrected chi connectivity index (χ1v) is 5.45. The average Bonchev–Trinajstić information content (AvgIpc) is 2.26. The fourth-order valence-corrected chi connectivity index (χ4v) is 1.85. The van der Waals surface area contributed by atoms with Gasteiger partial charge >= 0.3 is 5.97 Å². The molecule has 0 aliphatic heterocycles. The normalized spacial score (nSPS) is 10.6. The largest absolute Gasteiger partial charge is 0.464 e. The van der Waals surface area contributed by atoms with Gasteiger partial charge in [-0.25, -0.2) is 18.6 Å². The molecule has 0 N–H and O–H groups in total. The third-order valence-electron chi connectivity index (χ3n) is 1.85. The molecule has 0 aliphatic rings. The average molecular weight is 315 g/mol. The van der Waals surface area contributed by atoms with Crippen molar-refractivity contribution in [2.24, 2.45) is 0 Å². The summed E-state index contributed by atoms with van der Waals surface area (Å²) in [4.78, 5) is 15.0. The second-order valence-electron chi connectivity index (χ2n) is 2.79. The molecule has 0 saturated heterocycles. The summed E-state index contributed by atoms with van der Waals surface area (Å²) in [5.74, 6) is -1.05. The Hall–Kier alpha value is -0.750. The van der Waals surface area contributed by atoms with Gasteiger partial charge in [-0.15, -0.1) is 11.6 Å². The first kappa shape index (κ1) is 13.3. The number of esters is 1.